The van der Waals surface area contributed by atoms with Gasteiger partial charge in [0, 0.05) is 24.2 Å². The van der Waals surface area contributed by atoms with Gasteiger partial charge in [0.2, 0.25) is 0 Å². The normalized spacial score (nSPS) is 10.8. The molecule has 1 heterocycles. The number of para-hydroxylation sites is 1. The Bertz CT molecular complexity index is 527. The number of benzene rings is 1. The molecule has 0 radical (unpaired) electrons. The van der Waals surface area contributed by atoms with Gasteiger partial charge in [-0.2, -0.15) is 0 Å². The Morgan fingerprint density at radius 3 is 2.75 bits per heavy atom. The molecule has 2 rings (SSSR count). The topological polar surface area (TPSA) is 22.0 Å². The number of hydrogen-bond donors (Lipinski definition) is 0. The van der Waals surface area contributed by atoms with E-state index in [1.165, 1.54) is 19.3 Å². The highest BCUT2D eigenvalue weighted by atomic mass is 16.1. The highest BCUT2D eigenvalue weighted by Gasteiger charge is 2.00. The molecule has 1 aromatic carbocycles. The summed E-state index contributed by atoms with van der Waals surface area (Å²) in [6.45, 7) is 3.19. The van der Waals surface area contributed by atoms with E-state index in [4.69, 9.17) is 0 Å². The van der Waals surface area contributed by atoms with Crippen molar-refractivity contribution in [2.24, 2.45) is 0 Å². The van der Waals surface area contributed by atoms with E-state index in [0.29, 0.717) is 0 Å². The lowest BCUT2D eigenvalue weighted by atomic mass is 10.2. The van der Waals surface area contributed by atoms with Crippen LogP contribution in [-0.4, -0.2) is 4.57 Å². The number of fused-ring (bicyclic) bond motifs is 1. The molecule has 0 saturated carbocycles. The van der Waals surface area contributed by atoms with Crippen LogP contribution in [0.25, 0.3) is 10.9 Å². The number of hydrogen-bond acceptors (Lipinski definition) is 1. The summed E-state index contributed by atoms with van der Waals surface area (Å²) in [5.41, 5.74) is 1.16. The summed E-state index contributed by atoms with van der Waals surface area (Å²) in [6, 6.07) is 9.48. The quantitative estimate of drug-likeness (QED) is 0.718. The SMILES string of the molecule is CCCCCn1ccc(=O)c2ccccc21. The van der Waals surface area contributed by atoms with Crippen LogP contribution in [0.15, 0.2) is 41.3 Å². The fourth-order valence-electron chi connectivity index (χ4n) is 1.99. The lowest BCUT2D eigenvalue weighted by molar-refractivity contribution is 0.613. The average Bonchev–Trinajstić information content (AvgIpc) is 2.33. The molecule has 0 spiro atoms. The molecule has 0 atom stereocenters. The number of aromatic nitrogens is 1. The molecule has 84 valence electrons. The fraction of sp³-hybridized carbons (Fsp3) is 0.357. The molecule has 0 unspecified atom stereocenters. The highest BCUT2D eigenvalue weighted by molar-refractivity contribution is 5.78. The molecule has 0 amide bonds. The third-order valence-corrected chi connectivity index (χ3v) is 2.89. The Morgan fingerprint density at radius 2 is 1.94 bits per heavy atom. The largest absolute Gasteiger partial charge is 0.347 e. The summed E-state index contributed by atoms with van der Waals surface area (Å²) in [4.78, 5) is 11.6. The molecule has 0 aliphatic heterocycles. The third-order valence-electron chi connectivity index (χ3n) is 2.89. The van der Waals surface area contributed by atoms with Crippen LogP contribution in [-0.2, 0) is 6.54 Å². The van der Waals surface area contributed by atoms with Crippen LogP contribution in [0.3, 0.4) is 0 Å². The second kappa shape index (κ2) is 4.97. The summed E-state index contributed by atoms with van der Waals surface area (Å²) < 4.78 is 2.17. The molecular formula is C14H17NO. The minimum atomic E-state index is 0.113. The van der Waals surface area contributed by atoms with Crippen molar-refractivity contribution in [3.05, 3.63) is 46.8 Å². The minimum absolute atomic E-state index is 0.113. The average molecular weight is 215 g/mol. The van der Waals surface area contributed by atoms with Gasteiger partial charge >= 0.3 is 0 Å². The van der Waals surface area contributed by atoms with Crippen LogP contribution in [0.4, 0.5) is 0 Å². The van der Waals surface area contributed by atoms with E-state index in [1.54, 1.807) is 6.07 Å². The first-order valence-electron chi connectivity index (χ1n) is 5.91. The zero-order valence-electron chi connectivity index (χ0n) is 9.65. The van der Waals surface area contributed by atoms with Crippen LogP contribution < -0.4 is 5.43 Å². The van der Waals surface area contributed by atoms with Crippen molar-refractivity contribution in [1.82, 2.24) is 4.57 Å². The summed E-state index contributed by atoms with van der Waals surface area (Å²) in [5.74, 6) is 0. The minimum Gasteiger partial charge on any atom is -0.347 e. The van der Waals surface area contributed by atoms with Crippen LogP contribution in [0.5, 0.6) is 0 Å². The van der Waals surface area contributed by atoms with Crippen molar-refractivity contribution in [3.63, 3.8) is 0 Å². The van der Waals surface area contributed by atoms with Gasteiger partial charge in [-0.3, -0.25) is 4.79 Å². The molecule has 0 aliphatic rings. The first kappa shape index (κ1) is 10.9. The zero-order chi connectivity index (χ0) is 11.4. The van der Waals surface area contributed by atoms with Crippen molar-refractivity contribution in [1.29, 1.82) is 0 Å². The summed E-state index contributed by atoms with van der Waals surface area (Å²) >= 11 is 0. The van der Waals surface area contributed by atoms with Crippen molar-refractivity contribution < 1.29 is 0 Å². The van der Waals surface area contributed by atoms with E-state index >= 15 is 0 Å². The van der Waals surface area contributed by atoms with E-state index in [2.05, 4.69) is 11.5 Å². The van der Waals surface area contributed by atoms with E-state index in [-0.39, 0.29) is 5.43 Å². The molecule has 0 fully saturated rings. The van der Waals surface area contributed by atoms with Gasteiger partial charge in [-0.05, 0) is 18.6 Å². The van der Waals surface area contributed by atoms with Crippen LogP contribution in [0.1, 0.15) is 26.2 Å². The molecule has 0 N–H and O–H groups in total. The fourth-order valence-corrected chi connectivity index (χ4v) is 1.99. The molecule has 2 aromatic rings. The Balaban J connectivity index is 2.38. The summed E-state index contributed by atoms with van der Waals surface area (Å²) in [7, 11) is 0. The molecule has 0 bridgehead atoms. The van der Waals surface area contributed by atoms with Crippen molar-refractivity contribution >= 4 is 10.9 Å². The van der Waals surface area contributed by atoms with E-state index in [9.17, 15) is 4.79 Å². The highest BCUT2D eigenvalue weighted by Crippen LogP contribution is 2.10. The van der Waals surface area contributed by atoms with Crippen LogP contribution >= 0.6 is 0 Å². The Kier molecular flexibility index (Phi) is 3.40. The number of unbranched alkanes of at least 4 members (excludes halogenated alkanes) is 2. The van der Waals surface area contributed by atoms with Crippen LogP contribution in [0, 0.1) is 0 Å². The maximum absolute atomic E-state index is 11.6. The van der Waals surface area contributed by atoms with Crippen LogP contribution in [0.2, 0.25) is 0 Å². The monoisotopic (exact) mass is 215 g/mol. The molecule has 0 saturated heterocycles. The predicted octanol–water partition coefficient (Wildman–Crippen LogP) is 3.19. The van der Waals surface area contributed by atoms with Gasteiger partial charge in [0.05, 0.1) is 5.52 Å². The lowest BCUT2D eigenvalue weighted by Gasteiger charge is -2.09. The summed E-state index contributed by atoms with van der Waals surface area (Å²) in [5, 5.41) is 0.821. The number of rotatable bonds is 4. The van der Waals surface area contributed by atoms with Crippen molar-refractivity contribution in [2.75, 3.05) is 0 Å². The van der Waals surface area contributed by atoms with Crippen molar-refractivity contribution in [3.8, 4) is 0 Å². The number of nitrogens with zero attached hydrogens (tertiary/aromatic N) is 1. The first-order valence-corrected chi connectivity index (χ1v) is 5.91. The van der Waals surface area contributed by atoms with Gasteiger partial charge < -0.3 is 4.57 Å². The van der Waals surface area contributed by atoms with Gasteiger partial charge in [0.25, 0.3) is 0 Å². The Hall–Kier alpha value is -1.57. The van der Waals surface area contributed by atoms with Gasteiger partial charge in [-0.25, -0.2) is 0 Å². The lowest BCUT2D eigenvalue weighted by Crippen LogP contribution is -2.07. The van der Waals surface area contributed by atoms with Gasteiger partial charge in [-0.15, -0.1) is 0 Å². The second-order valence-corrected chi connectivity index (χ2v) is 4.10. The van der Waals surface area contributed by atoms with E-state index in [1.807, 2.05) is 30.5 Å². The number of pyridine rings is 1. The molecule has 0 aliphatic carbocycles. The first-order chi connectivity index (χ1) is 7.83. The molecule has 16 heavy (non-hydrogen) atoms. The summed E-state index contributed by atoms with van der Waals surface area (Å²) in [6.07, 6.45) is 5.53. The molecular weight excluding hydrogens is 198 g/mol. The van der Waals surface area contributed by atoms with Gasteiger partial charge in [0.1, 0.15) is 0 Å². The third kappa shape index (κ3) is 2.16. The zero-order valence-corrected chi connectivity index (χ0v) is 9.65. The predicted molar refractivity (Wildman–Crippen MR) is 67.7 cm³/mol. The second-order valence-electron chi connectivity index (χ2n) is 4.10. The number of aryl methyl sites for hydroxylation is 1. The van der Waals surface area contributed by atoms with Gasteiger partial charge in [-0.1, -0.05) is 31.9 Å². The maximum atomic E-state index is 11.6. The molecule has 1 aromatic heterocycles. The Morgan fingerprint density at radius 1 is 1.12 bits per heavy atom. The van der Waals surface area contributed by atoms with Crippen molar-refractivity contribution in [2.45, 2.75) is 32.7 Å². The van der Waals surface area contributed by atoms with Gasteiger partial charge in [0.15, 0.2) is 5.43 Å². The standard InChI is InChI=1S/C14H17NO/c1-2-3-6-10-15-11-9-14(16)12-7-4-5-8-13(12)15/h4-5,7-9,11H,2-3,6,10H2,1H3. The maximum Gasteiger partial charge on any atom is 0.189 e. The molecule has 2 nitrogen and oxygen atoms in total. The smallest absolute Gasteiger partial charge is 0.189 e. The molecule has 2 heteroatoms. The van der Waals surface area contributed by atoms with E-state index < -0.39 is 0 Å². The van der Waals surface area contributed by atoms with E-state index in [0.717, 1.165) is 17.4 Å². The Labute approximate surface area is 95.5 Å².